The molecule has 1 aliphatic heterocycles. The minimum Gasteiger partial charge on any atom is -0.335 e. The molecular formula is C10H17NO2. The molecule has 0 aromatic rings. The van der Waals surface area contributed by atoms with E-state index >= 15 is 0 Å². The molecule has 0 spiro atoms. The molecule has 1 saturated heterocycles. The van der Waals surface area contributed by atoms with Crippen molar-refractivity contribution in [3.05, 3.63) is 0 Å². The van der Waals surface area contributed by atoms with E-state index in [1.165, 1.54) is 0 Å². The fraction of sp³-hybridized carbons (Fsp3) is 0.800. The summed E-state index contributed by atoms with van der Waals surface area (Å²) in [6.45, 7) is 4.82. The van der Waals surface area contributed by atoms with Crippen LogP contribution in [0.1, 0.15) is 33.1 Å². The highest BCUT2D eigenvalue weighted by molar-refractivity contribution is 5.87. The summed E-state index contributed by atoms with van der Waals surface area (Å²) in [4.78, 5) is 24.4. The first-order chi connectivity index (χ1) is 6.11. The fourth-order valence-electron chi connectivity index (χ4n) is 1.40. The Kier molecular flexibility index (Phi) is 3.46. The number of piperidine rings is 1. The Morgan fingerprint density at radius 3 is 2.69 bits per heavy atom. The standard InChI is InChI=1S/C10H17NO2/c1-8(2)9(12)7-11-6-4-3-5-10(11)13/h8H,3-7H2,1-2H3. The molecule has 0 saturated carbocycles. The van der Waals surface area contributed by atoms with Gasteiger partial charge in [0.2, 0.25) is 5.91 Å². The van der Waals surface area contributed by atoms with Crippen molar-refractivity contribution in [2.24, 2.45) is 5.92 Å². The first-order valence-electron chi connectivity index (χ1n) is 4.91. The molecule has 0 atom stereocenters. The van der Waals surface area contributed by atoms with Gasteiger partial charge >= 0.3 is 0 Å². The SMILES string of the molecule is CC(C)C(=O)CN1CCCCC1=O. The Balaban J connectivity index is 2.43. The van der Waals surface area contributed by atoms with Crippen LogP contribution in [-0.2, 0) is 9.59 Å². The highest BCUT2D eigenvalue weighted by Crippen LogP contribution is 2.10. The maximum atomic E-state index is 11.4. The largest absolute Gasteiger partial charge is 0.335 e. The van der Waals surface area contributed by atoms with Gasteiger partial charge in [0, 0.05) is 18.9 Å². The first kappa shape index (κ1) is 10.2. The van der Waals surface area contributed by atoms with Gasteiger partial charge in [0.15, 0.2) is 5.78 Å². The Morgan fingerprint density at radius 1 is 1.46 bits per heavy atom. The topological polar surface area (TPSA) is 37.4 Å². The third-order valence-electron chi connectivity index (χ3n) is 2.41. The van der Waals surface area contributed by atoms with Crippen molar-refractivity contribution in [3.8, 4) is 0 Å². The number of Topliss-reactive ketones (excluding diaryl/α,β-unsaturated/α-hetero) is 1. The number of carbonyl (C=O) groups is 2. The van der Waals surface area contributed by atoms with E-state index < -0.39 is 0 Å². The summed E-state index contributed by atoms with van der Waals surface area (Å²) in [6, 6.07) is 0. The molecule has 1 heterocycles. The van der Waals surface area contributed by atoms with E-state index in [2.05, 4.69) is 0 Å². The van der Waals surface area contributed by atoms with E-state index in [-0.39, 0.29) is 17.6 Å². The van der Waals surface area contributed by atoms with Crippen LogP contribution in [0.25, 0.3) is 0 Å². The average molecular weight is 183 g/mol. The number of ketones is 1. The van der Waals surface area contributed by atoms with Crippen LogP contribution >= 0.6 is 0 Å². The lowest BCUT2D eigenvalue weighted by Gasteiger charge is -2.26. The van der Waals surface area contributed by atoms with Gasteiger partial charge in [-0.1, -0.05) is 13.8 Å². The van der Waals surface area contributed by atoms with Crippen LogP contribution in [-0.4, -0.2) is 29.7 Å². The predicted octanol–water partition coefficient (Wildman–Crippen LogP) is 1.22. The predicted molar refractivity (Wildman–Crippen MR) is 50.3 cm³/mol. The average Bonchev–Trinajstić information content (AvgIpc) is 2.08. The Bertz CT molecular complexity index is 211. The lowest BCUT2D eigenvalue weighted by Crippen LogP contribution is -2.40. The van der Waals surface area contributed by atoms with E-state index in [4.69, 9.17) is 0 Å². The molecule has 1 aliphatic rings. The summed E-state index contributed by atoms with van der Waals surface area (Å²) in [5.41, 5.74) is 0. The summed E-state index contributed by atoms with van der Waals surface area (Å²) < 4.78 is 0. The van der Waals surface area contributed by atoms with Gasteiger partial charge in [0.1, 0.15) is 0 Å². The molecule has 74 valence electrons. The van der Waals surface area contributed by atoms with Gasteiger partial charge in [0.05, 0.1) is 6.54 Å². The number of rotatable bonds is 3. The van der Waals surface area contributed by atoms with Gasteiger partial charge < -0.3 is 4.90 Å². The van der Waals surface area contributed by atoms with Crippen molar-refractivity contribution in [3.63, 3.8) is 0 Å². The second-order valence-electron chi connectivity index (χ2n) is 3.89. The van der Waals surface area contributed by atoms with Crippen LogP contribution in [0.15, 0.2) is 0 Å². The molecule has 3 heteroatoms. The number of hydrogen-bond acceptors (Lipinski definition) is 2. The molecular weight excluding hydrogens is 166 g/mol. The van der Waals surface area contributed by atoms with Gasteiger partial charge in [-0.25, -0.2) is 0 Å². The molecule has 13 heavy (non-hydrogen) atoms. The van der Waals surface area contributed by atoms with Gasteiger partial charge in [-0.2, -0.15) is 0 Å². The summed E-state index contributed by atoms with van der Waals surface area (Å²) in [6.07, 6.45) is 2.63. The van der Waals surface area contributed by atoms with Gasteiger partial charge in [-0.05, 0) is 12.8 Å². The van der Waals surface area contributed by atoms with E-state index in [0.717, 1.165) is 19.4 Å². The third-order valence-corrected chi connectivity index (χ3v) is 2.41. The van der Waals surface area contributed by atoms with E-state index in [1.54, 1.807) is 4.90 Å². The molecule has 0 unspecified atom stereocenters. The van der Waals surface area contributed by atoms with Gasteiger partial charge in [-0.15, -0.1) is 0 Å². The van der Waals surface area contributed by atoms with Crippen LogP contribution < -0.4 is 0 Å². The molecule has 0 radical (unpaired) electrons. The fourth-order valence-corrected chi connectivity index (χ4v) is 1.40. The number of likely N-dealkylation sites (tertiary alicyclic amines) is 1. The number of carbonyl (C=O) groups excluding carboxylic acids is 2. The van der Waals surface area contributed by atoms with E-state index in [0.29, 0.717) is 13.0 Å². The summed E-state index contributed by atoms with van der Waals surface area (Å²) in [7, 11) is 0. The normalized spacial score (nSPS) is 18.1. The molecule has 1 rings (SSSR count). The second kappa shape index (κ2) is 4.40. The summed E-state index contributed by atoms with van der Waals surface area (Å²) in [5.74, 6) is 0.338. The summed E-state index contributed by atoms with van der Waals surface area (Å²) >= 11 is 0. The Morgan fingerprint density at radius 2 is 2.15 bits per heavy atom. The van der Waals surface area contributed by atoms with E-state index in [1.807, 2.05) is 13.8 Å². The smallest absolute Gasteiger partial charge is 0.222 e. The van der Waals surface area contributed by atoms with Crippen molar-refractivity contribution >= 4 is 11.7 Å². The van der Waals surface area contributed by atoms with Crippen LogP contribution in [0, 0.1) is 5.92 Å². The molecule has 0 bridgehead atoms. The number of amides is 1. The molecule has 0 aromatic heterocycles. The molecule has 0 aromatic carbocycles. The highest BCUT2D eigenvalue weighted by atomic mass is 16.2. The molecule has 0 N–H and O–H groups in total. The van der Waals surface area contributed by atoms with Crippen LogP contribution in [0.2, 0.25) is 0 Å². The molecule has 3 nitrogen and oxygen atoms in total. The maximum Gasteiger partial charge on any atom is 0.222 e. The van der Waals surface area contributed by atoms with Crippen LogP contribution in [0.5, 0.6) is 0 Å². The number of nitrogens with zero attached hydrogens (tertiary/aromatic N) is 1. The van der Waals surface area contributed by atoms with Crippen molar-refractivity contribution in [2.45, 2.75) is 33.1 Å². The first-order valence-corrected chi connectivity index (χ1v) is 4.91. The zero-order valence-electron chi connectivity index (χ0n) is 8.38. The quantitative estimate of drug-likeness (QED) is 0.659. The Hall–Kier alpha value is -0.860. The zero-order valence-corrected chi connectivity index (χ0v) is 8.38. The van der Waals surface area contributed by atoms with Gasteiger partial charge in [0.25, 0.3) is 0 Å². The lowest BCUT2D eigenvalue weighted by atomic mass is 10.1. The molecule has 1 fully saturated rings. The van der Waals surface area contributed by atoms with Crippen LogP contribution in [0.4, 0.5) is 0 Å². The van der Waals surface area contributed by atoms with E-state index in [9.17, 15) is 9.59 Å². The zero-order chi connectivity index (χ0) is 9.84. The van der Waals surface area contributed by atoms with Crippen molar-refractivity contribution in [1.82, 2.24) is 4.90 Å². The maximum absolute atomic E-state index is 11.4. The second-order valence-corrected chi connectivity index (χ2v) is 3.89. The monoisotopic (exact) mass is 183 g/mol. The van der Waals surface area contributed by atoms with Gasteiger partial charge in [-0.3, -0.25) is 9.59 Å². The minimum absolute atomic E-state index is 0.0368. The highest BCUT2D eigenvalue weighted by Gasteiger charge is 2.21. The van der Waals surface area contributed by atoms with Crippen molar-refractivity contribution < 1.29 is 9.59 Å². The van der Waals surface area contributed by atoms with Crippen molar-refractivity contribution in [1.29, 1.82) is 0 Å². The summed E-state index contributed by atoms with van der Waals surface area (Å²) in [5, 5.41) is 0. The van der Waals surface area contributed by atoms with Crippen LogP contribution in [0.3, 0.4) is 0 Å². The lowest BCUT2D eigenvalue weighted by molar-refractivity contribution is -0.138. The number of hydrogen-bond donors (Lipinski definition) is 0. The third kappa shape index (κ3) is 2.83. The molecule has 1 amide bonds. The minimum atomic E-state index is 0.0368. The molecule has 0 aliphatic carbocycles. The van der Waals surface area contributed by atoms with Crippen molar-refractivity contribution in [2.75, 3.05) is 13.1 Å². The Labute approximate surface area is 79.1 Å².